The average Bonchev–Trinajstić information content (AvgIpc) is 2.97. The van der Waals surface area contributed by atoms with Gasteiger partial charge in [0.2, 0.25) is 5.91 Å². The lowest BCUT2D eigenvalue weighted by Crippen LogP contribution is -2.42. The number of amides is 2. The third-order valence-electron chi connectivity index (χ3n) is 4.15. The van der Waals surface area contributed by atoms with Gasteiger partial charge in [0.25, 0.3) is 17.9 Å². The standard InChI is InChI=1S/C13H16N4O3.CH2O2/c1-16-3-2-8-6-17(7-9(8)12(16)19)13(20)10-4-15-11(18)5-14-10;2-1-3/h4-5,8-9H,2-3,6-7H2,1H3,(H,15,18);1H,(H,2,3)/t8-,9+;/m1./s1. The highest BCUT2D eigenvalue weighted by atomic mass is 16.3. The Labute approximate surface area is 131 Å². The zero-order valence-corrected chi connectivity index (χ0v) is 12.6. The average molecular weight is 322 g/mol. The molecular formula is C14H18N4O5. The molecule has 0 radical (unpaired) electrons. The molecule has 0 aromatic carbocycles. The number of carbonyl (C=O) groups excluding carboxylic acids is 2. The van der Waals surface area contributed by atoms with Gasteiger partial charge in [-0.05, 0) is 12.3 Å². The Morgan fingerprint density at radius 2 is 2.13 bits per heavy atom. The smallest absolute Gasteiger partial charge is 0.290 e. The molecule has 2 aliphatic heterocycles. The van der Waals surface area contributed by atoms with E-state index in [1.165, 1.54) is 6.20 Å². The van der Waals surface area contributed by atoms with E-state index in [0.29, 0.717) is 13.1 Å². The lowest BCUT2D eigenvalue weighted by molar-refractivity contribution is -0.137. The summed E-state index contributed by atoms with van der Waals surface area (Å²) in [6.45, 7) is 1.52. The van der Waals surface area contributed by atoms with Crippen molar-refractivity contribution >= 4 is 18.3 Å². The number of nitrogens with one attached hydrogen (secondary N) is 1. The van der Waals surface area contributed by atoms with Crippen molar-refractivity contribution in [2.45, 2.75) is 6.42 Å². The molecule has 3 heterocycles. The molecule has 0 saturated carbocycles. The van der Waals surface area contributed by atoms with E-state index in [0.717, 1.165) is 19.2 Å². The number of hydrogen-bond acceptors (Lipinski definition) is 5. The minimum Gasteiger partial charge on any atom is -0.483 e. The molecule has 2 amide bonds. The normalized spacial score (nSPS) is 22.9. The van der Waals surface area contributed by atoms with Gasteiger partial charge in [-0.25, -0.2) is 4.98 Å². The largest absolute Gasteiger partial charge is 0.483 e. The first kappa shape index (κ1) is 16.7. The van der Waals surface area contributed by atoms with Crippen LogP contribution in [0.4, 0.5) is 0 Å². The summed E-state index contributed by atoms with van der Waals surface area (Å²) < 4.78 is 0. The molecule has 3 rings (SSSR count). The summed E-state index contributed by atoms with van der Waals surface area (Å²) in [6.07, 6.45) is 3.34. The number of H-pyrrole nitrogens is 1. The molecule has 2 fully saturated rings. The van der Waals surface area contributed by atoms with E-state index >= 15 is 0 Å². The Bertz CT molecular complexity index is 638. The van der Waals surface area contributed by atoms with E-state index < -0.39 is 0 Å². The lowest BCUT2D eigenvalue weighted by atomic mass is 9.88. The van der Waals surface area contributed by atoms with Gasteiger partial charge in [0.1, 0.15) is 5.69 Å². The lowest BCUT2D eigenvalue weighted by Gasteiger charge is -2.30. The molecule has 9 heteroatoms. The number of aromatic amines is 1. The Kier molecular flexibility index (Phi) is 5.09. The fourth-order valence-corrected chi connectivity index (χ4v) is 2.98. The number of hydrogen-bond donors (Lipinski definition) is 2. The van der Waals surface area contributed by atoms with E-state index in [9.17, 15) is 14.4 Å². The molecule has 0 bridgehead atoms. The van der Waals surface area contributed by atoms with Crippen molar-refractivity contribution in [3.05, 3.63) is 28.4 Å². The van der Waals surface area contributed by atoms with Crippen LogP contribution in [0.15, 0.2) is 17.2 Å². The van der Waals surface area contributed by atoms with Crippen LogP contribution in [-0.2, 0) is 9.59 Å². The van der Waals surface area contributed by atoms with Gasteiger partial charge in [-0.2, -0.15) is 0 Å². The summed E-state index contributed by atoms with van der Waals surface area (Å²) in [5, 5.41) is 6.89. The van der Waals surface area contributed by atoms with Gasteiger partial charge in [0, 0.05) is 32.9 Å². The van der Waals surface area contributed by atoms with Crippen LogP contribution in [0, 0.1) is 11.8 Å². The van der Waals surface area contributed by atoms with Gasteiger partial charge < -0.3 is 19.9 Å². The molecular weight excluding hydrogens is 304 g/mol. The van der Waals surface area contributed by atoms with Gasteiger partial charge in [0.15, 0.2) is 0 Å². The Hall–Kier alpha value is -2.71. The molecule has 1 aromatic heterocycles. The topological polar surface area (TPSA) is 124 Å². The van der Waals surface area contributed by atoms with E-state index in [1.807, 2.05) is 0 Å². The number of nitrogens with zero attached hydrogens (tertiary/aromatic N) is 3. The number of rotatable bonds is 1. The number of piperidine rings is 1. The Morgan fingerprint density at radius 1 is 1.43 bits per heavy atom. The van der Waals surface area contributed by atoms with E-state index in [4.69, 9.17) is 9.90 Å². The third-order valence-corrected chi connectivity index (χ3v) is 4.15. The first-order chi connectivity index (χ1) is 11.0. The predicted octanol–water partition coefficient (Wildman–Crippen LogP) is -0.979. The molecule has 9 nitrogen and oxygen atoms in total. The molecule has 1 aromatic rings. The van der Waals surface area contributed by atoms with Crippen LogP contribution in [0.3, 0.4) is 0 Å². The monoisotopic (exact) mass is 322 g/mol. The van der Waals surface area contributed by atoms with Crippen LogP contribution in [-0.4, -0.2) is 69.8 Å². The second kappa shape index (κ2) is 7.03. The summed E-state index contributed by atoms with van der Waals surface area (Å²) in [5.74, 6) is 0.0305. The zero-order valence-electron chi connectivity index (χ0n) is 12.6. The summed E-state index contributed by atoms with van der Waals surface area (Å²) in [4.78, 5) is 53.4. The first-order valence-electron chi connectivity index (χ1n) is 7.14. The van der Waals surface area contributed by atoms with Crippen molar-refractivity contribution in [1.82, 2.24) is 19.8 Å². The predicted molar refractivity (Wildman–Crippen MR) is 78.7 cm³/mol. The summed E-state index contributed by atoms with van der Waals surface area (Å²) in [7, 11) is 1.80. The van der Waals surface area contributed by atoms with Gasteiger partial charge in [0.05, 0.1) is 12.1 Å². The minimum absolute atomic E-state index is 0.0968. The molecule has 2 aliphatic rings. The van der Waals surface area contributed by atoms with E-state index in [-0.39, 0.29) is 41.4 Å². The zero-order chi connectivity index (χ0) is 17.0. The van der Waals surface area contributed by atoms with Gasteiger partial charge in [-0.1, -0.05) is 0 Å². The Morgan fingerprint density at radius 3 is 2.74 bits per heavy atom. The highest BCUT2D eigenvalue weighted by molar-refractivity contribution is 5.93. The second-order valence-electron chi connectivity index (χ2n) is 5.53. The van der Waals surface area contributed by atoms with Crippen LogP contribution in [0.5, 0.6) is 0 Å². The van der Waals surface area contributed by atoms with Crippen molar-refractivity contribution in [3.8, 4) is 0 Å². The van der Waals surface area contributed by atoms with Crippen molar-refractivity contribution < 1.29 is 19.5 Å². The maximum atomic E-state index is 12.3. The van der Waals surface area contributed by atoms with Crippen molar-refractivity contribution in [1.29, 1.82) is 0 Å². The summed E-state index contributed by atoms with van der Waals surface area (Å²) in [5.41, 5.74) is -0.127. The van der Waals surface area contributed by atoms with Gasteiger partial charge in [-0.3, -0.25) is 19.2 Å². The van der Waals surface area contributed by atoms with E-state index in [1.54, 1.807) is 16.8 Å². The molecule has 2 atom stereocenters. The molecule has 0 spiro atoms. The Balaban J connectivity index is 0.000000595. The molecule has 0 unspecified atom stereocenters. The van der Waals surface area contributed by atoms with E-state index in [2.05, 4.69) is 9.97 Å². The first-order valence-corrected chi connectivity index (χ1v) is 7.14. The number of fused-ring (bicyclic) bond motifs is 1. The second-order valence-corrected chi connectivity index (χ2v) is 5.53. The third kappa shape index (κ3) is 3.55. The number of aromatic nitrogens is 2. The SMILES string of the molecule is CN1CC[C@@H]2CN(C(=O)c3c[nH]c(=O)cn3)C[C@@H]2C1=O.O=CO. The van der Waals surface area contributed by atoms with Crippen molar-refractivity contribution in [3.63, 3.8) is 0 Å². The minimum atomic E-state index is -0.339. The maximum Gasteiger partial charge on any atom is 0.290 e. The van der Waals surface area contributed by atoms with Crippen LogP contribution < -0.4 is 5.56 Å². The molecule has 2 N–H and O–H groups in total. The highest BCUT2D eigenvalue weighted by Gasteiger charge is 2.43. The maximum absolute atomic E-state index is 12.3. The van der Waals surface area contributed by atoms with Crippen molar-refractivity contribution in [2.24, 2.45) is 11.8 Å². The number of likely N-dealkylation sites (tertiary alicyclic amines) is 2. The fourth-order valence-electron chi connectivity index (χ4n) is 2.98. The van der Waals surface area contributed by atoms with Crippen LogP contribution in [0.25, 0.3) is 0 Å². The van der Waals surface area contributed by atoms with Gasteiger partial charge >= 0.3 is 0 Å². The van der Waals surface area contributed by atoms with Crippen LogP contribution in [0.2, 0.25) is 0 Å². The number of carboxylic acid groups (broad SMARTS) is 1. The summed E-state index contributed by atoms with van der Waals surface area (Å²) >= 11 is 0. The molecule has 0 aliphatic carbocycles. The highest BCUT2D eigenvalue weighted by Crippen LogP contribution is 2.32. The molecule has 23 heavy (non-hydrogen) atoms. The van der Waals surface area contributed by atoms with Crippen LogP contribution >= 0.6 is 0 Å². The molecule has 2 saturated heterocycles. The summed E-state index contributed by atoms with van der Waals surface area (Å²) in [6, 6.07) is 0. The fraction of sp³-hybridized carbons (Fsp3) is 0.500. The van der Waals surface area contributed by atoms with Gasteiger partial charge in [-0.15, -0.1) is 0 Å². The van der Waals surface area contributed by atoms with Crippen LogP contribution in [0.1, 0.15) is 16.9 Å². The quantitative estimate of drug-likeness (QED) is 0.641. The van der Waals surface area contributed by atoms with Crippen molar-refractivity contribution in [2.75, 3.05) is 26.7 Å². The molecule has 124 valence electrons. The number of carbonyl (C=O) groups is 3.